The third-order valence-corrected chi connectivity index (χ3v) is 5.37. The summed E-state index contributed by atoms with van der Waals surface area (Å²) >= 11 is 0. The average molecular weight is 289 g/mol. The van der Waals surface area contributed by atoms with Crippen molar-refractivity contribution in [2.45, 2.75) is 51.7 Å². The second-order valence-electron chi connectivity index (χ2n) is 7.32. The third kappa shape index (κ3) is 2.95. The molecule has 2 aliphatic rings. The number of aliphatic hydroxyl groups excluding tert-OH is 1. The Balaban J connectivity index is 1.77. The van der Waals surface area contributed by atoms with Gasteiger partial charge in [-0.2, -0.15) is 0 Å². The first-order valence-electron chi connectivity index (χ1n) is 8.09. The molecule has 2 atom stereocenters. The zero-order valence-electron chi connectivity index (χ0n) is 13.4. The number of piperidine rings is 1. The van der Waals surface area contributed by atoms with E-state index in [4.69, 9.17) is 4.74 Å². The van der Waals surface area contributed by atoms with Crippen LogP contribution in [-0.2, 0) is 6.42 Å². The van der Waals surface area contributed by atoms with E-state index in [1.807, 2.05) is 12.1 Å². The smallest absolute Gasteiger partial charge is 0.119 e. The van der Waals surface area contributed by atoms with Gasteiger partial charge in [-0.25, -0.2) is 0 Å². The lowest BCUT2D eigenvalue weighted by Gasteiger charge is -2.44. The average Bonchev–Trinajstić information content (AvgIpc) is 2.48. The number of hydrogen-bond donors (Lipinski definition) is 1. The predicted octanol–water partition coefficient (Wildman–Crippen LogP) is 3.17. The number of aryl methyl sites for hydroxylation is 1. The summed E-state index contributed by atoms with van der Waals surface area (Å²) in [5.41, 5.74) is 2.80. The monoisotopic (exact) mass is 289 g/mol. The lowest BCUT2D eigenvalue weighted by molar-refractivity contribution is 0.00556. The van der Waals surface area contributed by atoms with Gasteiger partial charge in [-0.05, 0) is 67.4 Å². The maximum absolute atomic E-state index is 10.8. The molecule has 3 rings (SSSR count). The van der Waals surface area contributed by atoms with Gasteiger partial charge in [0.25, 0.3) is 0 Å². The molecule has 0 aromatic heterocycles. The van der Waals surface area contributed by atoms with Gasteiger partial charge in [0.05, 0.1) is 13.2 Å². The first-order chi connectivity index (χ1) is 10.00. The SMILES string of the molecule is COc1ccc2c(c1)C(O)C(N1CCC(C)(C)CC1)CC2. The van der Waals surface area contributed by atoms with Crippen LogP contribution in [0.5, 0.6) is 5.75 Å². The molecule has 21 heavy (non-hydrogen) atoms. The molecular weight excluding hydrogens is 262 g/mol. The molecule has 1 heterocycles. The number of rotatable bonds is 2. The standard InChI is InChI=1S/C18H27NO2/c1-18(2)8-10-19(11-9-18)16-7-5-13-4-6-14(21-3)12-15(13)17(16)20/h4,6,12,16-17,20H,5,7-11H2,1-3H3. The summed E-state index contributed by atoms with van der Waals surface area (Å²) in [6.07, 6.45) is 4.18. The zero-order valence-corrected chi connectivity index (χ0v) is 13.4. The van der Waals surface area contributed by atoms with Gasteiger partial charge >= 0.3 is 0 Å². The normalized spacial score (nSPS) is 29.0. The summed E-state index contributed by atoms with van der Waals surface area (Å²) < 4.78 is 5.31. The van der Waals surface area contributed by atoms with Gasteiger partial charge in [0.1, 0.15) is 5.75 Å². The van der Waals surface area contributed by atoms with Crippen LogP contribution in [0.4, 0.5) is 0 Å². The van der Waals surface area contributed by atoms with Gasteiger partial charge in [-0.15, -0.1) is 0 Å². The Morgan fingerprint density at radius 2 is 1.95 bits per heavy atom. The number of methoxy groups -OCH3 is 1. The quantitative estimate of drug-likeness (QED) is 0.907. The molecule has 1 aliphatic heterocycles. The van der Waals surface area contributed by atoms with E-state index in [-0.39, 0.29) is 12.1 Å². The van der Waals surface area contributed by atoms with E-state index < -0.39 is 0 Å². The topological polar surface area (TPSA) is 32.7 Å². The fourth-order valence-electron chi connectivity index (χ4n) is 3.71. The molecular formula is C18H27NO2. The summed E-state index contributed by atoms with van der Waals surface area (Å²) in [6.45, 7) is 6.91. The molecule has 0 radical (unpaired) electrons. The largest absolute Gasteiger partial charge is 0.497 e. The van der Waals surface area contributed by atoms with Crippen molar-refractivity contribution in [2.75, 3.05) is 20.2 Å². The van der Waals surface area contributed by atoms with Crippen molar-refractivity contribution in [3.05, 3.63) is 29.3 Å². The molecule has 0 spiro atoms. The highest BCUT2D eigenvalue weighted by Crippen LogP contribution is 2.38. The third-order valence-electron chi connectivity index (χ3n) is 5.37. The van der Waals surface area contributed by atoms with Crippen molar-refractivity contribution < 1.29 is 9.84 Å². The molecule has 1 fully saturated rings. The van der Waals surface area contributed by atoms with Gasteiger partial charge < -0.3 is 9.84 Å². The Hall–Kier alpha value is -1.06. The summed E-state index contributed by atoms with van der Waals surface area (Å²) in [5.74, 6) is 0.841. The van der Waals surface area contributed by atoms with Crippen LogP contribution in [0.1, 0.15) is 50.3 Å². The van der Waals surface area contributed by atoms with Crippen LogP contribution >= 0.6 is 0 Å². The lowest BCUT2D eigenvalue weighted by Crippen LogP contribution is -2.47. The van der Waals surface area contributed by atoms with Crippen molar-refractivity contribution in [2.24, 2.45) is 5.41 Å². The molecule has 1 aromatic carbocycles. The minimum absolute atomic E-state index is 0.265. The number of hydrogen-bond acceptors (Lipinski definition) is 3. The molecule has 1 N–H and O–H groups in total. The summed E-state index contributed by atoms with van der Waals surface area (Å²) in [4.78, 5) is 2.50. The van der Waals surface area contributed by atoms with E-state index in [1.54, 1.807) is 7.11 Å². The highest BCUT2D eigenvalue weighted by molar-refractivity contribution is 5.39. The Morgan fingerprint density at radius 1 is 1.24 bits per heavy atom. The maximum atomic E-state index is 10.8. The highest BCUT2D eigenvalue weighted by atomic mass is 16.5. The van der Waals surface area contributed by atoms with Gasteiger partial charge in [0, 0.05) is 6.04 Å². The minimum Gasteiger partial charge on any atom is -0.497 e. The van der Waals surface area contributed by atoms with E-state index >= 15 is 0 Å². The molecule has 1 saturated heterocycles. The predicted molar refractivity (Wildman–Crippen MR) is 84.7 cm³/mol. The molecule has 3 nitrogen and oxygen atoms in total. The van der Waals surface area contributed by atoms with Gasteiger partial charge in [-0.1, -0.05) is 19.9 Å². The van der Waals surface area contributed by atoms with Crippen molar-refractivity contribution in [1.82, 2.24) is 4.90 Å². The highest BCUT2D eigenvalue weighted by Gasteiger charge is 2.36. The Morgan fingerprint density at radius 3 is 2.62 bits per heavy atom. The fraction of sp³-hybridized carbons (Fsp3) is 0.667. The van der Waals surface area contributed by atoms with Crippen LogP contribution in [0.3, 0.4) is 0 Å². The lowest BCUT2D eigenvalue weighted by atomic mass is 9.79. The molecule has 1 aliphatic carbocycles. The first-order valence-corrected chi connectivity index (χ1v) is 8.09. The second kappa shape index (κ2) is 5.62. The molecule has 3 heteroatoms. The van der Waals surface area contributed by atoms with Crippen molar-refractivity contribution in [3.63, 3.8) is 0 Å². The summed E-state index contributed by atoms with van der Waals surface area (Å²) in [6, 6.07) is 6.38. The van der Waals surface area contributed by atoms with Crippen LogP contribution in [0, 0.1) is 5.41 Å². The first kappa shape index (κ1) is 14.9. The van der Waals surface area contributed by atoms with Crippen LogP contribution < -0.4 is 4.74 Å². The van der Waals surface area contributed by atoms with Crippen molar-refractivity contribution >= 4 is 0 Å². The number of nitrogens with zero attached hydrogens (tertiary/aromatic N) is 1. The molecule has 116 valence electrons. The van der Waals surface area contributed by atoms with Crippen LogP contribution in [0.25, 0.3) is 0 Å². The Labute approximate surface area is 127 Å². The van der Waals surface area contributed by atoms with Gasteiger partial charge in [0.2, 0.25) is 0 Å². The number of benzene rings is 1. The molecule has 0 amide bonds. The molecule has 0 bridgehead atoms. The van der Waals surface area contributed by atoms with E-state index in [2.05, 4.69) is 24.8 Å². The number of aliphatic hydroxyl groups is 1. The van der Waals surface area contributed by atoms with Crippen molar-refractivity contribution in [3.8, 4) is 5.75 Å². The maximum Gasteiger partial charge on any atom is 0.119 e. The van der Waals surface area contributed by atoms with Crippen LogP contribution in [0.2, 0.25) is 0 Å². The van der Waals surface area contributed by atoms with E-state index in [0.29, 0.717) is 5.41 Å². The number of ether oxygens (including phenoxy) is 1. The van der Waals surface area contributed by atoms with Crippen molar-refractivity contribution in [1.29, 1.82) is 0 Å². The number of likely N-dealkylation sites (tertiary alicyclic amines) is 1. The van der Waals surface area contributed by atoms with E-state index in [0.717, 1.165) is 37.2 Å². The van der Waals surface area contributed by atoms with E-state index in [9.17, 15) is 5.11 Å². The Kier molecular flexibility index (Phi) is 3.98. The summed E-state index contributed by atoms with van der Waals surface area (Å²) in [5, 5.41) is 10.8. The van der Waals surface area contributed by atoms with Crippen LogP contribution in [0.15, 0.2) is 18.2 Å². The zero-order chi connectivity index (χ0) is 15.0. The van der Waals surface area contributed by atoms with E-state index in [1.165, 1.54) is 18.4 Å². The summed E-state index contributed by atoms with van der Waals surface area (Å²) in [7, 11) is 1.68. The number of fused-ring (bicyclic) bond motifs is 1. The molecule has 2 unspecified atom stereocenters. The Bertz CT molecular complexity index is 502. The van der Waals surface area contributed by atoms with Gasteiger partial charge in [0.15, 0.2) is 0 Å². The van der Waals surface area contributed by atoms with Crippen LogP contribution in [-0.4, -0.2) is 36.2 Å². The molecule has 0 saturated carbocycles. The second-order valence-corrected chi connectivity index (χ2v) is 7.32. The minimum atomic E-state index is -0.384. The van der Waals surface area contributed by atoms with Gasteiger partial charge in [-0.3, -0.25) is 4.90 Å². The fourth-order valence-corrected chi connectivity index (χ4v) is 3.71. The molecule has 1 aromatic rings.